The summed E-state index contributed by atoms with van der Waals surface area (Å²) in [5, 5.41) is 3.36. The fourth-order valence-electron chi connectivity index (χ4n) is 2.33. The van der Waals surface area contributed by atoms with E-state index in [0.29, 0.717) is 5.41 Å². The van der Waals surface area contributed by atoms with Gasteiger partial charge in [-0.1, -0.05) is 6.92 Å². The maximum atomic E-state index is 11.2. The smallest absolute Gasteiger partial charge is 0.148 e. The Labute approximate surface area is 111 Å². The van der Waals surface area contributed by atoms with E-state index in [1.807, 2.05) is 14.0 Å². The molecule has 0 amide bonds. The van der Waals surface area contributed by atoms with Gasteiger partial charge in [0.15, 0.2) is 0 Å². The zero-order valence-corrected chi connectivity index (χ0v) is 12.8. The van der Waals surface area contributed by atoms with Crippen LogP contribution in [0.3, 0.4) is 0 Å². The summed E-state index contributed by atoms with van der Waals surface area (Å²) in [4.78, 5) is 2.16. The van der Waals surface area contributed by atoms with Crippen molar-refractivity contribution >= 4 is 22.2 Å². The summed E-state index contributed by atoms with van der Waals surface area (Å²) in [5.41, 5.74) is 0.292. The number of sulfone groups is 1. The second-order valence-corrected chi connectivity index (χ2v) is 7.78. The number of hydrogen-bond acceptors (Lipinski definition) is 4. The average Bonchev–Trinajstić information content (AvgIpc) is 2.48. The van der Waals surface area contributed by atoms with E-state index in [1.165, 1.54) is 12.7 Å². The molecule has 1 fully saturated rings. The van der Waals surface area contributed by atoms with Crippen molar-refractivity contribution in [1.82, 2.24) is 10.2 Å². The first-order valence-electron chi connectivity index (χ1n) is 5.81. The number of hydrogen-bond donors (Lipinski definition) is 1. The van der Waals surface area contributed by atoms with E-state index >= 15 is 0 Å². The normalized spacial score (nSPS) is 26.9. The van der Waals surface area contributed by atoms with Gasteiger partial charge in [0.25, 0.3) is 0 Å². The van der Waals surface area contributed by atoms with Crippen molar-refractivity contribution in [3.63, 3.8) is 0 Å². The lowest BCUT2D eigenvalue weighted by atomic mass is 9.89. The molecule has 1 saturated heterocycles. The largest absolute Gasteiger partial charge is 0.316 e. The molecule has 104 valence electrons. The van der Waals surface area contributed by atoms with Crippen molar-refractivity contribution < 1.29 is 8.42 Å². The van der Waals surface area contributed by atoms with Crippen molar-refractivity contribution in [2.75, 3.05) is 38.7 Å². The van der Waals surface area contributed by atoms with Crippen molar-refractivity contribution in [2.45, 2.75) is 26.3 Å². The molecular weight excluding hydrogens is 260 g/mol. The predicted molar refractivity (Wildman–Crippen MR) is 74.6 cm³/mol. The summed E-state index contributed by atoms with van der Waals surface area (Å²) < 4.78 is 22.4. The van der Waals surface area contributed by atoms with Gasteiger partial charge in [0.05, 0.1) is 5.75 Å². The highest BCUT2D eigenvalue weighted by molar-refractivity contribution is 7.90. The monoisotopic (exact) mass is 284 g/mol. The molecule has 0 saturated carbocycles. The highest BCUT2D eigenvalue weighted by atomic mass is 35.5. The fourth-order valence-corrected chi connectivity index (χ4v) is 3.46. The summed E-state index contributed by atoms with van der Waals surface area (Å²) in [6.45, 7) is 7.30. The SMILES string of the molecule is CC(CS(C)(=O)=O)N(C)CC1(C)CCNC1.Cl. The van der Waals surface area contributed by atoms with Gasteiger partial charge in [-0.3, -0.25) is 0 Å². The maximum absolute atomic E-state index is 11.2. The summed E-state index contributed by atoms with van der Waals surface area (Å²) in [6.07, 6.45) is 2.47. The Morgan fingerprint density at radius 2 is 2.06 bits per heavy atom. The maximum Gasteiger partial charge on any atom is 0.148 e. The molecule has 0 aliphatic carbocycles. The summed E-state index contributed by atoms with van der Waals surface area (Å²) in [7, 11) is -0.866. The number of rotatable bonds is 5. The molecule has 1 rings (SSSR count). The van der Waals surface area contributed by atoms with E-state index in [1.54, 1.807) is 0 Å². The molecule has 6 heteroatoms. The molecule has 0 aromatic heterocycles. The molecule has 4 nitrogen and oxygen atoms in total. The number of nitrogens with zero attached hydrogens (tertiary/aromatic N) is 1. The van der Waals surface area contributed by atoms with E-state index < -0.39 is 9.84 Å². The van der Waals surface area contributed by atoms with E-state index in [0.717, 1.165) is 19.6 Å². The summed E-state index contributed by atoms with van der Waals surface area (Å²) in [5.74, 6) is 0.243. The van der Waals surface area contributed by atoms with Crippen LogP contribution in [0.15, 0.2) is 0 Å². The molecule has 1 aliphatic heterocycles. The standard InChI is InChI=1S/C11H24N2O2S.ClH/c1-10(7-16(4,14)15)13(3)9-11(2)5-6-12-8-11;/h10,12H,5-9H2,1-4H3;1H. The zero-order chi connectivity index (χ0) is 12.4. The van der Waals surface area contributed by atoms with Crippen LogP contribution in [0.4, 0.5) is 0 Å². The minimum atomic E-state index is -2.88. The van der Waals surface area contributed by atoms with E-state index in [4.69, 9.17) is 0 Å². The predicted octanol–water partition coefficient (Wildman–Crippen LogP) is 0.773. The number of nitrogens with one attached hydrogen (secondary N) is 1. The Morgan fingerprint density at radius 1 is 1.47 bits per heavy atom. The molecule has 0 radical (unpaired) electrons. The second kappa shape index (κ2) is 6.36. The molecule has 17 heavy (non-hydrogen) atoms. The van der Waals surface area contributed by atoms with Gasteiger partial charge in [0.1, 0.15) is 9.84 Å². The van der Waals surface area contributed by atoms with E-state index in [9.17, 15) is 8.42 Å². The van der Waals surface area contributed by atoms with Crippen LogP contribution < -0.4 is 5.32 Å². The van der Waals surface area contributed by atoms with Gasteiger partial charge in [-0.25, -0.2) is 8.42 Å². The summed E-state index contributed by atoms with van der Waals surface area (Å²) >= 11 is 0. The lowest BCUT2D eigenvalue weighted by Gasteiger charge is -2.32. The Balaban J connectivity index is 0.00000256. The van der Waals surface area contributed by atoms with Crippen molar-refractivity contribution in [1.29, 1.82) is 0 Å². The molecular formula is C11H25ClN2O2S. The van der Waals surface area contributed by atoms with Crippen molar-refractivity contribution in [3.8, 4) is 0 Å². The molecule has 1 heterocycles. The van der Waals surface area contributed by atoms with Crippen LogP contribution in [0, 0.1) is 5.41 Å². The van der Waals surface area contributed by atoms with Gasteiger partial charge in [0.2, 0.25) is 0 Å². The molecule has 0 spiro atoms. The molecule has 2 unspecified atom stereocenters. The lowest BCUT2D eigenvalue weighted by molar-refractivity contribution is 0.178. The Bertz CT molecular complexity index is 326. The molecule has 2 atom stereocenters. The Morgan fingerprint density at radius 3 is 2.47 bits per heavy atom. The first kappa shape index (κ1) is 17.2. The first-order valence-corrected chi connectivity index (χ1v) is 7.87. The molecule has 0 aromatic rings. The van der Waals surface area contributed by atoms with Gasteiger partial charge >= 0.3 is 0 Å². The van der Waals surface area contributed by atoms with Gasteiger partial charge in [0, 0.05) is 25.4 Å². The lowest BCUT2D eigenvalue weighted by Crippen LogP contribution is -2.42. The van der Waals surface area contributed by atoms with Crippen LogP contribution in [-0.4, -0.2) is 58.1 Å². The van der Waals surface area contributed by atoms with E-state index in [-0.39, 0.29) is 24.2 Å². The Kier molecular flexibility index (Phi) is 6.42. The van der Waals surface area contributed by atoms with E-state index in [2.05, 4.69) is 17.1 Å². The van der Waals surface area contributed by atoms with Crippen LogP contribution in [0.2, 0.25) is 0 Å². The van der Waals surface area contributed by atoms with Crippen LogP contribution in [0.25, 0.3) is 0 Å². The molecule has 0 bridgehead atoms. The zero-order valence-electron chi connectivity index (χ0n) is 11.2. The highest BCUT2D eigenvalue weighted by Crippen LogP contribution is 2.25. The number of halogens is 1. The topological polar surface area (TPSA) is 49.4 Å². The molecule has 1 N–H and O–H groups in total. The third-order valence-electron chi connectivity index (χ3n) is 3.38. The third-order valence-corrected chi connectivity index (χ3v) is 4.47. The third kappa shape index (κ3) is 6.04. The van der Waals surface area contributed by atoms with Gasteiger partial charge in [-0.15, -0.1) is 12.4 Å². The fraction of sp³-hybridized carbons (Fsp3) is 1.00. The first-order chi connectivity index (χ1) is 7.22. The second-order valence-electron chi connectivity index (χ2n) is 5.59. The minimum Gasteiger partial charge on any atom is -0.316 e. The molecule has 1 aliphatic rings. The van der Waals surface area contributed by atoms with Crippen LogP contribution in [-0.2, 0) is 9.84 Å². The Hall–Kier alpha value is 0.160. The van der Waals surface area contributed by atoms with Crippen LogP contribution in [0.5, 0.6) is 0 Å². The van der Waals surface area contributed by atoms with Crippen molar-refractivity contribution in [3.05, 3.63) is 0 Å². The average molecular weight is 285 g/mol. The van der Waals surface area contributed by atoms with Crippen molar-refractivity contribution in [2.24, 2.45) is 5.41 Å². The van der Waals surface area contributed by atoms with Gasteiger partial charge in [-0.2, -0.15) is 0 Å². The van der Waals surface area contributed by atoms with Crippen LogP contribution >= 0.6 is 12.4 Å². The summed E-state index contributed by atoms with van der Waals surface area (Å²) in [6, 6.07) is 0.0902. The van der Waals surface area contributed by atoms with Crippen LogP contribution in [0.1, 0.15) is 20.3 Å². The van der Waals surface area contributed by atoms with Gasteiger partial charge in [-0.05, 0) is 32.4 Å². The molecule has 0 aromatic carbocycles. The quantitative estimate of drug-likeness (QED) is 0.810. The minimum absolute atomic E-state index is 0. The highest BCUT2D eigenvalue weighted by Gasteiger charge is 2.31. The van der Waals surface area contributed by atoms with Gasteiger partial charge < -0.3 is 10.2 Å².